The third kappa shape index (κ3) is 3.88. The lowest BCUT2D eigenvalue weighted by Crippen LogP contribution is -2.49. The van der Waals surface area contributed by atoms with Crippen LogP contribution in [0.5, 0.6) is 0 Å². The third-order valence-corrected chi connectivity index (χ3v) is 5.57. The predicted molar refractivity (Wildman–Crippen MR) is 99.9 cm³/mol. The molecule has 2 aliphatic rings. The molecule has 7 nitrogen and oxygen atoms in total. The van der Waals surface area contributed by atoms with E-state index in [9.17, 15) is 5.11 Å². The summed E-state index contributed by atoms with van der Waals surface area (Å²) in [4.78, 5) is 9.33. The second-order valence-corrected chi connectivity index (χ2v) is 7.79. The molecule has 0 amide bonds. The van der Waals surface area contributed by atoms with Gasteiger partial charge in [-0.05, 0) is 43.9 Å². The number of aliphatic hydroxyl groups is 1. The monoisotopic (exact) mass is 356 g/mol. The van der Waals surface area contributed by atoms with Gasteiger partial charge in [-0.15, -0.1) is 10.2 Å². The Morgan fingerprint density at radius 1 is 1.15 bits per heavy atom. The number of aryl methyl sites for hydroxylation is 1. The van der Waals surface area contributed by atoms with E-state index < -0.39 is 5.60 Å². The predicted octanol–water partition coefficient (Wildman–Crippen LogP) is 1.38. The third-order valence-electron chi connectivity index (χ3n) is 5.57. The van der Waals surface area contributed by atoms with Crippen LogP contribution in [0.15, 0.2) is 24.7 Å². The van der Waals surface area contributed by atoms with E-state index in [4.69, 9.17) is 0 Å². The molecule has 2 aromatic heterocycles. The number of aromatic nitrogens is 4. The molecule has 2 saturated heterocycles. The summed E-state index contributed by atoms with van der Waals surface area (Å²) in [5.74, 6) is 1.93. The summed E-state index contributed by atoms with van der Waals surface area (Å²) in [6.07, 6.45) is 8.56. The Labute approximate surface area is 154 Å². The molecule has 0 bridgehead atoms. The molecule has 0 radical (unpaired) electrons. The molecule has 2 fully saturated rings. The van der Waals surface area contributed by atoms with Crippen LogP contribution in [0.4, 0.5) is 5.82 Å². The van der Waals surface area contributed by atoms with E-state index in [1.807, 2.05) is 17.8 Å². The largest absolute Gasteiger partial charge is 0.388 e. The number of nitrogens with zero attached hydrogens (tertiary/aromatic N) is 6. The van der Waals surface area contributed by atoms with Gasteiger partial charge in [0.15, 0.2) is 0 Å². The Bertz CT molecular complexity index is 724. The highest BCUT2D eigenvalue weighted by Gasteiger charge is 2.34. The van der Waals surface area contributed by atoms with E-state index in [0.29, 0.717) is 13.0 Å². The van der Waals surface area contributed by atoms with Gasteiger partial charge in [0.1, 0.15) is 18.0 Å². The van der Waals surface area contributed by atoms with E-state index in [1.165, 1.54) is 18.4 Å². The second kappa shape index (κ2) is 7.32. The van der Waals surface area contributed by atoms with Crippen molar-refractivity contribution in [3.8, 4) is 0 Å². The summed E-state index contributed by atoms with van der Waals surface area (Å²) >= 11 is 0. The van der Waals surface area contributed by atoms with Crippen molar-refractivity contribution < 1.29 is 5.11 Å². The fraction of sp³-hybridized carbons (Fsp3) is 0.632. The Balaban J connectivity index is 1.37. The Hall–Kier alpha value is -1.99. The van der Waals surface area contributed by atoms with Gasteiger partial charge in [0, 0.05) is 45.8 Å². The molecule has 26 heavy (non-hydrogen) atoms. The average molecular weight is 356 g/mol. The molecular weight excluding hydrogens is 328 g/mol. The number of anilines is 1. The topological polar surface area (TPSA) is 70.3 Å². The van der Waals surface area contributed by atoms with Crippen molar-refractivity contribution >= 4 is 5.82 Å². The van der Waals surface area contributed by atoms with Crippen molar-refractivity contribution in [1.82, 2.24) is 24.6 Å². The molecule has 7 heteroatoms. The minimum Gasteiger partial charge on any atom is -0.388 e. The van der Waals surface area contributed by atoms with Gasteiger partial charge in [-0.3, -0.25) is 4.90 Å². The first-order chi connectivity index (χ1) is 12.6. The zero-order valence-electron chi connectivity index (χ0n) is 15.5. The number of hydrogen-bond acceptors (Lipinski definition) is 6. The molecule has 140 valence electrons. The summed E-state index contributed by atoms with van der Waals surface area (Å²) in [5, 5.41) is 19.1. The summed E-state index contributed by atoms with van der Waals surface area (Å²) in [6.45, 7) is 4.73. The van der Waals surface area contributed by atoms with Crippen LogP contribution in [-0.2, 0) is 20.0 Å². The highest BCUT2D eigenvalue weighted by atomic mass is 16.3. The maximum absolute atomic E-state index is 11.1. The minimum absolute atomic E-state index is 0.548. The quantitative estimate of drug-likeness (QED) is 0.873. The van der Waals surface area contributed by atoms with Crippen molar-refractivity contribution in [3.63, 3.8) is 0 Å². The number of pyridine rings is 1. The van der Waals surface area contributed by atoms with Gasteiger partial charge in [-0.25, -0.2) is 4.98 Å². The SMILES string of the molecule is Cn1cnnc1CC1(O)CCCN(Cc2ccc(N3CCCC3)nc2)C1. The first-order valence-electron chi connectivity index (χ1n) is 9.59. The molecule has 1 N–H and O–H groups in total. The summed E-state index contributed by atoms with van der Waals surface area (Å²) < 4.78 is 1.89. The van der Waals surface area contributed by atoms with Crippen molar-refractivity contribution in [2.24, 2.45) is 7.05 Å². The van der Waals surface area contributed by atoms with Crippen LogP contribution >= 0.6 is 0 Å². The zero-order valence-corrected chi connectivity index (χ0v) is 15.5. The standard InChI is InChI=1S/C19H28N6O/c1-23-15-21-22-18(23)11-19(26)7-4-8-24(14-19)13-16-5-6-17(20-12-16)25-9-2-3-10-25/h5-6,12,15,26H,2-4,7-11,13-14H2,1H3. The smallest absolute Gasteiger partial charge is 0.135 e. The van der Waals surface area contributed by atoms with Gasteiger partial charge in [0.05, 0.1) is 5.60 Å². The van der Waals surface area contributed by atoms with Crippen LogP contribution in [0.3, 0.4) is 0 Å². The van der Waals surface area contributed by atoms with Gasteiger partial charge in [-0.1, -0.05) is 6.07 Å². The van der Waals surface area contributed by atoms with Gasteiger partial charge in [0.25, 0.3) is 0 Å². The fourth-order valence-electron chi connectivity index (χ4n) is 4.15. The number of rotatable bonds is 5. The first kappa shape index (κ1) is 17.4. The highest BCUT2D eigenvalue weighted by Crippen LogP contribution is 2.26. The lowest BCUT2D eigenvalue weighted by molar-refractivity contribution is -0.0345. The summed E-state index contributed by atoms with van der Waals surface area (Å²) in [5.41, 5.74) is 0.470. The minimum atomic E-state index is -0.734. The average Bonchev–Trinajstić information content (AvgIpc) is 3.28. The number of β-amino-alcohol motifs (C(OH)–C–C–N with tert-alkyl or cyclic N) is 1. The maximum Gasteiger partial charge on any atom is 0.135 e. The van der Waals surface area contributed by atoms with Crippen molar-refractivity contribution in [2.75, 3.05) is 31.1 Å². The number of likely N-dealkylation sites (tertiary alicyclic amines) is 1. The Morgan fingerprint density at radius 3 is 2.69 bits per heavy atom. The summed E-state index contributed by atoms with van der Waals surface area (Å²) in [7, 11) is 1.92. The number of piperidine rings is 1. The molecule has 0 aromatic carbocycles. The normalized spacial score (nSPS) is 24.3. The first-order valence-corrected chi connectivity index (χ1v) is 9.59. The fourth-order valence-corrected chi connectivity index (χ4v) is 4.15. The molecule has 0 saturated carbocycles. The van der Waals surface area contributed by atoms with E-state index in [1.54, 1.807) is 6.33 Å². The molecule has 4 rings (SSSR count). The Morgan fingerprint density at radius 2 is 2.00 bits per heavy atom. The highest BCUT2D eigenvalue weighted by molar-refractivity contribution is 5.40. The van der Waals surface area contributed by atoms with Gasteiger partial charge >= 0.3 is 0 Å². The van der Waals surface area contributed by atoms with Gasteiger partial charge in [0.2, 0.25) is 0 Å². The molecule has 4 heterocycles. The molecule has 1 unspecified atom stereocenters. The lowest BCUT2D eigenvalue weighted by Gasteiger charge is -2.39. The molecule has 1 atom stereocenters. The van der Waals surface area contributed by atoms with Crippen molar-refractivity contribution in [1.29, 1.82) is 0 Å². The number of hydrogen-bond donors (Lipinski definition) is 1. The van der Waals surface area contributed by atoms with Crippen LogP contribution in [0, 0.1) is 0 Å². The van der Waals surface area contributed by atoms with E-state index in [0.717, 1.165) is 50.7 Å². The molecule has 0 spiro atoms. The van der Waals surface area contributed by atoms with E-state index in [2.05, 4.69) is 37.1 Å². The summed E-state index contributed by atoms with van der Waals surface area (Å²) in [6, 6.07) is 4.31. The van der Waals surface area contributed by atoms with Crippen molar-refractivity contribution in [2.45, 2.75) is 44.2 Å². The van der Waals surface area contributed by atoms with Gasteiger partial charge in [-0.2, -0.15) is 0 Å². The lowest BCUT2D eigenvalue weighted by atomic mass is 9.89. The molecule has 2 aromatic rings. The zero-order chi connectivity index (χ0) is 18.0. The van der Waals surface area contributed by atoms with Crippen LogP contribution in [0.2, 0.25) is 0 Å². The van der Waals surface area contributed by atoms with Crippen LogP contribution in [0.1, 0.15) is 37.1 Å². The van der Waals surface area contributed by atoms with Gasteiger partial charge < -0.3 is 14.6 Å². The van der Waals surface area contributed by atoms with E-state index >= 15 is 0 Å². The molecule has 0 aliphatic carbocycles. The van der Waals surface area contributed by atoms with E-state index in [-0.39, 0.29) is 0 Å². The maximum atomic E-state index is 11.1. The van der Waals surface area contributed by atoms with Crippen LogP contribution in [-0.4, -0.2) is 61.5 Å². The molecular formula is C19H28N6O. The Kier molecular flexibility index (Phi) is 4.91. The molecule has 2 aliphatic heterocycles. The van der Waals surface area contributed by atoms with Crippen LogP contribution < -0.4 is 4.90 Å². The van der Waals surface area contributed by atoms with Crippen LogP contribution in [0.25, 0.3) is 0 Å². The second-order valence-electron chi connectivity index (χ2n) is 7.79. The van der Waals surface area contributed by atoms with Crippen molar-refractivity contribution in [3.05, 3.63) is 36.0 Å².